The van der Waals surface area contributed by atoms with Crippen molar-refractivity contribution in [2.24, 2.45) is 5.92 Å². The highest BCUT2D eigenvalue weighted by Crippen LogP contribution is 2.26. The Bertz CT molecular complexity index is 493. The highest BCUT2D eigenvalue weighted by Gasteiger charge is 2.24. The summed E-state index contributed by atoms with van der Waals surface area (Å²) < 4.78 is 0. The molecule has 3 nitrogen and oxygen atoms in total. The molecule has 1 aromatic rings. The van der Waals surface area contributed by atoms with Crippen LogP contribution in [0.1, 0.15) is 30.1 Å². The first-order valence-corrected chi connectivity index (χ1v) is 7.62. The van der Waals surface area contributed by atoms with Gasteiger partial charge in [0.1, 0.15) is 0 Å². The minimum absolute atomic E-state index is 0.00869. The van der Waals surface area contributed by atoms with Gasteiger partial charge < -0.3 is 10.0 Å². The van der Waals surface area contributed by atoms with Crippen LogP contribution in [-0.4, -0.2) is 41.5 Å². The molecule has 20 heavy (non-hydrogen) atoms. The Morgan fingerprint density at radius 3 is 2.90 bits per heavy atom. The maximum atomic E-state index is 12.2. The van der Waals surface area contributed by atoms with E-state index >= 15 is 0 Å². The summed E-state index contributed by atoms with van der Waals surface area (Å²) in [5, 5.41) is 10.6. The molecule has 2 atom stereocenters. The van der Waals surface area contributed by atoms with Crippen LogP contribution in [0.2, 0.25) is 10.0 Å². The van der Waals surface area contributed by atoms with Gasteiger partial charge in [-0.15, -0.1) is 0 Å². The van der Waals surface area contributed by atoms with Gasteiger partial charge in [0.2, 0.25) is 0 Å². The molecule has 2 rings (SSSR count). The number of benzene rings is 1. The van der Waals surface area contributed by atoms with Crippen LogP contribution in [0.5, 0.6) is 0 Å². The van der Waals surface area contributed by atoms with Gasteiger partial charge in [0, 0.05) is 25.1 Å². The number of Topliss-reactive ketones (excluding diaryl/α,β-unsaturated/α-hetero) is 1. The molecule has 1 aliphatic heterocycles. The SMILES string of the molecule is CC1CCN(CCC(=O)c2cccc(Cl)c2Cl)CC1O. The molecule has 0 saturated carbocycles. The number of hydrogen-bond acceptors (Lipinski definition) is 3. The second-order valence-corrected chi connectivity index (χ2v) is 6.19. The highest BCUT2D eigenvalue weighted by molar-refractivity contribution is 6.43. The van der Waals surface area contributed by atoms with E-state index < -0.39 is 0 Å². The first kappa shape index (κ1) is 15.8. The summed E-state index contributed by atoms with van der Waals surface area (Å²) in [5.41, 5.74) is 0.477. The quantitative estimate of drug-likeness (QED) is 0.867. The molecule has 110 valence electrons. The minimum atomic E-state index is -0.298. The lowest BCUT2D eigenvalue weighted by Crippen LogP contribution is -2.43. The Morgan fingerprint density at radius 2 is 2.20 bits per heavy atom. The van der Waals surface area contributed by atoms with Crippen LogP contribution in [0.25, 0.3) is 0 Å². The number of likely N-dealkylation sites (tertiary alicyclic amines) is 1. The summed E-state index contributed by atoms with van der Waals surface area (Å²) in [5.74, 6) is 0.329. The lowest BCUT2D eigenvalue weighted by molar-refractivity contribution is 0.0287. The van der Waals surface area contributed by atoms with E-state index in [-0.39, 0.29) is 11.9 Å². The fraction of sp³-hybridized carbons (Fsp3) is 0.533. The predicted octanol–water partition coefficient (Wildman–Crippen LogP) is 3.27. The van der Waals surface area contributed by atoms with E-state index in [2.05, 4.69) is 11.8 Å². The summed E-state index contributed by atoms with van der Waals surface area (Å²) in [7, 11) is 0. The fourth-order valence-electron chi connectivity index (χ4n) is 2.43. The second-order valence-electron chi connectivity index (χ2n) is 5.41. The largest absolute Gasteiger partial charge is 0.392 e. The minimum Gasteiger partial charge on any atom is -0.392 e. The number of aliphatic hydroxyl groups excluding tert-OH is 1. The molecule has 0 bridgehead atoms. The lowest BCUT2D eigenvalue weighted by Gasteiger charge is -2.34. The van der Waals surface area contributed by atoms with Crippen LogP contribution in [0, 0.1) is 5.92 Å². The standard InChI is InChI=1S/C15H19Cl2NO2/c1-10-5-7-18(9-14(10)20)8-6-13(19)11-3-2-4-12(16)15(11)17/h2-4,10,14,20H,5-9H2,1H3. The molecule has 1 N–H and O–H groups in total. The molecule has 0 amide bonds. The van der Waals surface area contributed by atoms with E-state index in [4.69, 9.17) is 23.2 Å². The van der Waals surface area contributed by atoms with E-state index in [0.29, 0.717) is 41.0 Å². The Hall–Kier alpha value is -0.610. The van der Waals surface area contributed by atoms with Crippen molar-refractivity contribution >= 4 is 29.0 Å². The van der Waals surface area contributed by atoms with E-state index in [1.54, 1.807) is 18.2 Å². The van der Waals surface area contributed by atoms with Crippen LogP contribution >= 0.6 is 23.2 Å². The summed E-state index contributed by atoms with van der Waals surface area (Å²) in [6.07, 6.45) is 1.06. The van der Waals surface area contributed by atoms with Gasteiger partial charge in [-0.05, 0) is 31.0 Å². The zero-order valence-corrected chi connectivity index (χ0v) is 13.0. The summed E-state index contributed by atoms with van der Waals surface area (Å²) in [6, 6.07) is 5.10. The number of carbonyl (C=O) groups excluding carboxylic acids is 1. The van der Waals surface area contributed by atoms with E-state index in [1.807, 2.05) is 0 Å². The molecule has 0 aromatic heterocycles. The molecule has 2 unspecified atom stereocenters. The van der Waals surface area contributed by atoms with Crippen LogP contribution in [0.3, 0.4) is 0 Å². The van der Waals surface area contributed by atoms with Crippen molar-refractivity contribution in [3.8, 4) is 0 Å². The first-order valence-electron chi connectivity index (χ1n) is 6.86. The van der Waals surface area contributed by atoms with Crippen LogP contribution < -0.4 is 0 Å². The molecule has 0 radical (unpaired) electrons. The zero-order valence-electron chi connectivity index (χ0n) is 11.5. The third-order valence-corrected chi connectivity index (χ3v) is 4.73. The van der Waals surface area contributed by atoms with Crippen molar-refractivity contribution in [3.63, 3.8) is 0 Å². The molecular weight excluding hydrogens is 297 g/mol. The fourth-order valence-corrected chi connectivity index (χ4v) is 2.84. The lowest BCUT2D eigenvalue weighted by atomic mass is 9.96. The predicted molar refractivity (Wildman–Crippen MR) is 81.6 cm³/mol. The molecule has 1 saturated heterocycles. The van der Waals surface area contributed by atoms with Gasteiger partial charge in [0.05, 0.1) is 16.1 Å². The molecular formula is C15H19Cl2NO2. The molecule has 1 aliphatic rings. The van der Waals surface area contributed by atoms with Crippen molar-refractivity contribution in [2.45, 2.75) is 25.9 Å². The Labute approximate surface area is 129 Å². The normalized spacial score (nSPS) is 23.8. The number of hydrogen-bond donors (Lipinski definition) is 1. The number of aliphatic hydroxyl groups is 1. The van der Waals surface area contributed by atoms with Crippen molar-refractivity contribution < 1.29 is 9.90 Å². The monoisotopic (exact) mass is 315 g/mol. The Kier molecular flexibility index (Phi) is 5.44. The molecule has 1 aromatic carbocycles. The van der Waals surface area contributed by atoms with Crippen LogP contribution in [-0.2, 0) is 0 Å². The summed E-state index contributed by atoms with van der Waals surface area (Å²) in [6.45, 7) is 4.26. The van der Waals surface area contributed by atoms with E-state index in [9.17, 15) is 9.90 Å². The average Bonchev–Trinajstić information content (AvgIpc) is 2.43. The third kappa shape index (κ3) is 3.73. The average molecular weight is 316 g/mol. The number of nitrogens with zero attached hydrogens (tertiary/aromatic N) is 1. The molecule has 0 spiro atoms. The Balaban J connectivity index is 1.91. The number of piperidine rings is 1. The van der Waals surface area contributed by atoms with Gasteiger partial charge >= 0.3 is 0 Å². The first-order chi connectivity index (χ1) is 9.49. The smallest absolute Gasteiger partial charge is 0.165 e. The Morgan fingerprint density at radius 1 is 1.45 bits per heavy atom. The maximum absolute atomic E-state index is 12.2. The van der Waals surface area contributed by atoms with Crippen molar-refractivity contribution in [1.29, 1.82) is 0 Å². The molecule has 0 aliphatic carbocycles. The summed E-state index contributed by atoms with van der Waals surface area (Å²) >= 11 is 12.0. The van der Waals surface area contributed by atoms with Crippen molar-refractivity contribution in [1.82, 2.24) is 4.90 Å². The second kappa shape index (κ2) is 6.90. The van der Waals surface area contributed by atoms with Crippen molar-refractivity contribution in [3.05, 3.63) is 33.8 Å². The van der Waals surface area contributed by atoms with Gasteiger partial charge in [-0.2, -0.15) is 0 Å². The van der Waals surface area contributed by atoms with Gasteiger partial charge in [-0.25, -0.2) is 0 Å². The van der Waals surface area contributed by atoms with E-state index in [0.717, 1.165) is 13.0 Å². The summed E-state index contributed by atoms with van der Waals surface area (Å²) in [4.78, 5) is 14.3. The zero-order chi connectivity index (χ0) is 14.7. The molecule has 1 fully saturated rings. The number of rotatable bonds is 4. The number of ketones is 1. The van der Waals surface area contributed by atoms with Crippen LogP contribution in [0.15, 0.2) is 18.2 Å². The van der Waals surface area contributed by atoms with Gasteiger partial charge in [0.15, 0.2) is 5.78 Å². The van der Waals surface area contributed by atoms with Gasteiger partial charge in [-0.1, -0.05) is 36.2 Å². The molecule has 5 heteroatoms. The number of halogens is 2. The number of β-amino-alcohol motifs (C(OH)–C–C–N with tert-alkyl or cyclic N) is 1. The maximum Gasteiger partial charge on any atom is 0.165 e. The molecule has 1 heterocycles. The van der Waals surface area contributed by atoms with Gasteiger partial charge in [0.25, 0.3) is 0 Å². The van der Waals surface area contributed by atoms with Crippen molar-refractivity contribution in [2.75, 3.05) is 19.6 Å². The van der Waals surface area contributed by atoms with Gasteiger partial charge in [-0.3, -0.25) is 4.79 Å². The number of carbonyl (C=O) groups is 1. The highest BCUT2D eigenvalue weighted by atomic mass is 35.5. The van der Waals surface area contributed by atoms with Crippen LogP contribution in [0.4, 0.5) is 0 Å². The van der Waals surface area contributed by atoms with E-state index in [1.165, 1.54) is 0 Å². The topological polar surface area (TPSA) is 40.5 Å². The third-order valence-electron chi connectivity index (χ3n) is 3.91.